The Hall–Kier alpha value is -1.92. The summed E-state index contributed by atoms with van der Waals surface area (Å²) in [7, 11) is 3.47. The van der Waals surface area contributed by atoms with Gasteiger partial charge in [0.05, 0.1) is 19.4 Å². The molecule has 1 aromatic heterocycles. The van der Waals surface area contributed by atoms with Crippen LogP contribution in [0.3, 0.4) is 0 Å². The van der Waals surface area contributed by atoms with E-state index < -0.39 is 0 Å². The second-order valence-electron chi connectivity index (χ2n) is 7.22. The van der Waals surface area contributed by atoms with E-state index in [2.05, 4.69) is 32.0 Å². The van der Waals surface area contributed by atoms with Gasteiger partial charge in [0.1, 0.15) is 11.4 Å². The highest BCUT2D eigenvalue weighted by Gasteiger charge is 2.32. The quantitative estimate of drug-likeness (QED) is 0.774. The zero-order chi connectivity index (χ0) is 17.2. The summed E-state index contributed by atoms with van der Waals surface area (Å²) in [5.41, 5.74) is 3.69. The predicted molar refractivity (Wildman–Crippen MR) is 94.5 cm³/mol. The molecule has 1 saturated carbocycles. The van der Waals surface area contributed by atoms with Gasteiger partial charge in [0.25, 0.3) is 0 Å². The average Bonchev–Trinajstić information content (AvgIpc) is 3.35. The third-order valence-electron chi connectivity index (χ3n) is 5.15. The summed E-state index contributed by atoms with van der Waals surface area (Å²) in [6.45, 7) is 4.46. The Kier molecular flexibility index (Phi) is 4.72. The molecule has 2 heterocycles. The third kappa shape index (κ3) is 3.70. The lowest BCUT2D eigenvalue weighted by molar-refractivity contribution is 0.131. The minimum Gasteiger partial charge on any atom is -0.497 e. The molecule has 4 rings (SSSR count). The molecule has 0 saturated heterocycles. The fraction of sp³-hybridized carbons (Fsp3) is 0.579. The molecule has 134 valence electrons. The Morgan fingerprint density at radius 3 is 2.64 bits per heavy atom. The zero-order valence-electron chi connectivity index (χ0n) is 15.0. The third-order valence-corrected chi connectivity index (χ3v) is 5.15. The van der Waals surface area contributed by atoms with Gasteiger partial charge in [-0.2, -0.15) is 0 Å². The molecule has 0 N–H and O–H groups in total. The van der Waals surface area contributed by atoms with Crippen molar-refractivity contribution in [3.05, 3.63) is 41.2 Å². The van der Waals surface area contributed by atoms with Crippen molar-refractivity contribution in [1.82, 2.24) is 19.9 Å². The molecular weight excluding hydrogens is 316 g/mol. The topological polar surface area (TPSA) is 52.4 Å². The SMILES string of the molecule is COCC1CN(Cc2ccc(OC)cc2)Cc2nnn(CC3CC3)c21. The fourth-order valence-corrected chi connectivity index (χ4v) is 3.71. The van der Waals surface area contributed by atoms with Crippen LogP contribution in [-0.2, 0) is 24.4 Å². The van der Waals surface area contributed by atoms with Crippen LogP contribution >= 0.6 is 0 Å². The van der Waals surface area contributed by atoms with Crippen molar-refractivity contribution in [2.45, 2.75) is 38.4 Å². The zero-order valence-corrected chi connectivity index (χ0v) is 15.0. The molecule has 6 nitrogen and oxygen atoms in total. The first-order valence-electron chi connectivity index (χ1n) is 9.03. The van der Waals surface area contributed by atoms with Gasteiger partial charge in [-0.05, 0) is 36.5 Å². The number of rotatable bonds is 7. The summed E-state index contributed by atoms with van der Waals surface area (Å²) in [5.74, 6) is 2.03. The van der Waals surface area contributed by atoms with E-state index in [1.807, 2.05) is 12.1 Å². The van der Waals surface area contributed by atoms with E-state index in [0.29, 0.717) is 12.5 Å². The van der Waals surface area contributed by atoms with Crippen LogP contribution < -0.4 is 4.74 Å². The average molecular weight is 342 g/mol. The summed E-state index contributed by atoms with van der Waals surface area (Å²) < 4.78 is 12.9. The molecule has 2 aromatic rings. The molecule has 0 spiro atoms. The Labute approximate surface area is 148 Å². The normalized spacial score (nSPS) is 20.5. The standard InChI is InChI=1S/C19H26N4O2/c1-24-13-16-11-22(9-14-5-7-17(25-2)8-6-14)12-18-19(16)23(21-20-18)10-15-3-4-15/h5-8,15-16H,3-4,9-13H2,1-2H3. The smallest absolute Gasteiger partial charge is 0.118 e. The number of fused-ring (bicyclic) bond motifs is 1. The summed E-state index contributed by atoms with van der Waals surface area (Å²) in [6.07, 6.45) is 2.65. The van der Waals surface area contributed by atoms with Crippen molar-refractivity contribution in [1.29, 1.82) is 0 Å². The van der Waals surface area contributed by atoms with Crippen LogP contribution in [0.4, 0.5) is 0 Å². The van der Waals surface area contributed by atoms with E-state index in [0.717, 1.165) is 43.5 Å². The Bertz CT molecular complexity index is 709. The van der Waals surface area contributed by atoms with Crippen LogP contribution in [0.25, 0.3) is 0 Å². The molecule has 1 atom stereocenters. The first kappa shape index (κ1) is 16.5. The summed E-state index contributed by atoms with van der Waals surface area (Å²) in [4.78, 5) is 2.43. The predicted octanol–water partition coefficient (Wildman–Crippen LogP) is 2.44. The number of methoxy groups -OCH3 is 2. The lowest BCUT2D eigenvalue weighted by Gasteiger charge is -2.32. The summed E-state index contributed by atoms with van der Waals surface area (Å²) in [6, 6.07) is 8.29. The maximum absolute atomic E-state index is 5.50. The van der Waals surface area contributed by atoms with Crippen LogP contribution in [0.2, 0.25) is 0 Å². The number of aromatic nitrogens is 3. The highest BCUT2D eigenvalue weighted by molar-refractivity contribution is 5.28. The maximum atomic E-state index is 5.50. The van der Waals surface area contributed by atoms with Crippen molar-refractivity contribution in [2.75, 3.05) is 27.4 Å². The fourth-order valence-electron chi connectivity index (χ4n) is 3.71. The van der Waals surface area contributed by atoms with E-state index in [-0.39, 0.29) is 0 Å². The number of hydrogen-bond donors (Lipinski definition) is 0. The first-order valence-corrected chi connectivity index (χ1v) is 9.03. The number of hydrogen-bond acceptors (Lipinski definition) is 5. The molecule has 0 radical (unpaired) electrons. The van der Waals surface area contributed by atoms with E-state index in [1.165, 1.54) is 24.1 Å². The van der Waals surface area contributed by atoms with E-state index >= 15 is 0 Å². The van der Waals surface area contributed by atoms with Gasteiger partial charge >= 0.3 is 0 Å². The lowest BCUT2D eigenvalue weighted by Crippen LogP contribution is -2.36. The van der Waals surface area contributed by atoms with Crippen molar-refractivity contribution in [2.24, 2.45) is 5.92 Å². The Balaban J connectivity index is 1.50. The highest BCUT2D eigenvalue weighted by atomic mass is 16.5. The summed E-state index contributed by atoms with van der Waals surface area (Å²) in [5, 5.41) is 8.93. The molecule has 0 amide bonds. The molecule has 6 heteroatoms. The van der Waals surface area contributed by atoms with Crippen molar-refractivity contribution >= 4 is 0 Å². The van der Waals surface area contributed by atoms with E-state index in [9.17, 15) is 0 Å². The van der Waals surface area contributed by atoms with Crippen molar-refractivity contribution < 1.29 is 9.47 Å². The molecule has 2 aliphatic rings. The molecule has 0 bridgehead atoms. The van der Waals surface area contributed by atoms with Gasteiger partial charge in [-0.25, -0.2) is 4.68 Å². The maximum Gasteiger partial charge on any atom is 0.118 e. The van der Waals surface area contributed by atoms with Gasteiger partial charge in [-0.1, -0.05) is 17.3 Å². The van der Waals surface area contributed by atoms with Gasteiger partial charge < -0.3 is 9.47 Å². The Morgan fingerprint density at radius 1 is 1.16 bits per heavy atom. The van der Waals surface area contributed by atoms with Crippen LogP contribution in [0.15, 0.2) is 24.3 Å². The number of benzene rings is 1. The van der Waals surface area contributed by atoms with Crippen LogP contribution in [0.5, 0.6) is 5.75 Å². The molecule has 1 unspecified atom stereocenters. The van der Waals surface area contributed by atoms with Gasteiger partial charge in [-0.15, -0.1) is 5.10 Å². The van der Waals surface area contributed by atoms with Gasteiger partial charge in [-0.3, -0.25) is 4.90 Å². The molecule has 1 aliphatic carbocycles. The van der Waals surface area contributed by atoms with Crippen molar-refractivity contribution in [3.8, 4) is 5.75 Å². The lowest BCUT2D eigenvalue weighted by atomic mass is 9.98. The minimum absolute atomic E-state index is 0.334. The second-order valence-corrected chi connectivity index (χ2v) is 7.22. The van der Waals surface area contributed by atoms with Crippen molar-refractivity contribution in [3.63, 3.8) is 0 Å². The molecule has 1 aliphatic heterocycles. The Morgan fingerprint density at radius 2 is 1.96 bits per heavy atom. The van der Waals surface area contributed by atoms with E-state index in [4.69, 9.17) is 9.47 Å². The van der Waals surface area contributed by atoms with E-state index in [1.54, 1.807) is 14.2 Å². The largest absolute Gasteiger partial charge is 0.497 e. The molecular formula is C19H26N4O2. The molecule has 1 aromatic carbocycles. The number of ether oxygens (including phenoxy) is 2. The molecule has 1 fully saturated rings. The first-order chi connectivity index (χ1) is 12.3. The summed E-state index contributed by atoms with van der Waals surface area (Å²) >= 11 is 0. The number of nitrogens with zero attached hydrogens (tertiary/aromatic N) is 4. The van der Waals surface area contributed by atoms with Gasteiger partial charge in [0.15, 0.2) is 0 Å². The molecule has 25 heavy (non-hydrogen) atoms. The van der Waals surface area contributed by atoms with Crippen LogP contribution in [0, 0.1) is 5.92 Å². The monoisotopic (exact) mass is 342 g/mol. The second kappa shape index (κ2) is 7.14. The van der Waals surface area contributed by atoms with Crippen LogP contribution in [0.1, 0.15) is 35.7 Å². The van der Waals surface area contributed by atoms with Gasteiger partial charge in [0, 0.05) is 39.2 Å². The van der Waals surface area contributed by atoms with Crippen LogP contribution in [-0.4, -0.2) is 47.3 Å². The van der Waals surface area contributed by atoms with Gasteiger partial charge in [0.2, 0.25) is 0 Å². The minimum atomic E-state index is 0.334. The highest BCUT2D eigenvalue weighted by Crippen LogP contribution is 2.34.